The van der Waals surface area contributed by atoms with Crippen LogP contribution in [0.15, 0.2) is 64.6 Å². The fraction of sp³-hybridized carbons (Fsp3) is 0.481. The minimum absolute atomic E-state index is 0.160. The summed E-state index contributed by atoms with van der Waals surface area (Å²) in [6.45, 7) is 0.355. The Kier molecular flexibility index (Phi) is 9.05. The zero-order valence-corrected chi connectivity index (χ0v) is 22.4. The smallest absolute Gasteiger partial charge is 0.340 e. The number of rotatable bonds is 7. The summed E-state index contributed by atoms with van der Waals surface area (Å²) in [5, 5.41) is 6.42. The maximum atomic E-state index is 13.7. The lowest BCUT2D eigenvalue weighted by molar-refractivity contribution is -0.138. The molecule has 40 heavy (non-hydrogen) atoms. The van der Waals surface area contributed by atoms with E-state index >= 15 is 0 Å². The number of nitrogens with zero attached hydrogens (tertiary/aromatic N) is 4. The second-order valence-corrected chi connectivity index (χ2v) is 12.3. The van der Waals surface area contributed by atoms with Crippen LogP contribution in [0.25, 0.3) is 10.4 Å². The van der Waals surface area contributed by atoms with E-state index in [-0.39, 0.29) is 22.6 Å². The van der Waals surface area contributed by atoms with Gasteiger partial charge in [0.2, 0.25) is 5.91 Å². The molecule has 9 nitrogen and oxygen atoms in total. The molecule has 1 N–H and O–H groups in total. The molecule has 2 aromatic carbocycles. The number of hydrogen-bond donors (Lipinski definition) is 1. The quantitative estimate of drug-likeness (QED) is 0.277. The Morgan fingerprint density at radius 1 is 1.07 bits per heavy atom. The van der Waals surface area contributed by atoms with E-state index < -0.39 is 57.4 Å². The monoisotopic (exact) mass is 577 g/mol. The van der Waals surface area contributed by atoms with Gasteiger partial charge in [-0.15, -0.1) is 0 Å². The van der Waals surface area contributed by atoms with E-state index in [1.54, 1.807) is 23.1 Å². The van der Waals surface area contributed by atoms with Crippen LogP contribution in [0.1, 0.15) is 54.4 Å². The second kappa shape index (κ2) is 12.3. The van der Waals surface area contributed by atoms with E-state index in [0.717, 1.165) is 18.2 Å². The molecule has 0 radical (unpaired) electrons. The summed E-state index contributed by atoms with van der Waals surface area (Å²) in [7, 11) is -3.72. The van der Waals surface area contributed by atoms with Crippen molar-refractivity contribution in [1.29, 1.82) is 0 Å². The number of alkyl halides is 3. The van der Waals surface area contributed by atoms with Gasteiger partial charge >= 0.3 is 6.18 Å². The lowest BCUT2D eigenvalue weighted by Gasteiger charge is -2.42. The molecule has 2 amide bonds. The average molecular weight is 578 g/mol. The van der Waals surface area contributed by atoms with Crippen LogP contribution in [0.2, 0.25) is 0 Å². The third-order valence-electron chi connectivity index (χ3n) is 7.55. The summed E-state index contributed by atoms with van der Waals surface area (Å²) in [5.74, 6) is -1.95. The van der Waals surface area contributed by atoms with Crippen LogP contribution in [-0.2, 0) is 20.8 Å². The van der Waals surface area contributed by atoms with Crippen molar-refractivity contribution in [2.75, 3.05) is 12.3 Å². The molecule has 13 heteroatoms. The molecular formula is C27H30F3N5O4S. The van der Waals surface area contributed by atoms with Gasteiger partial charge in [0.25, 0.3) is 5.91 Å². The van der Waals surface area contributed by atoms with Gasteiger partial charge in [0.05, 0.1) is 16.2 Å². The molecule has 0 bridgehead atoms. The molecule has 214 valence electrons. The molecule has 0 aromatic heterocycles. The lowest BCUT2D eigenvalue weighted by atomic mass is 9.81. The van der Waals surface area contributed by atoms with Crippen LogP contribution >= 0.6 is 0 Å². The number of nitrogens with one attached hydrogen (secondary N) is 1. The van der Waals surface area contributed by atoms with E-state index in [0.29, 0.717) is 38.6 Å². The fourth-order valence-electron chi connectivity index (χ4n) is 5.60. The number of likely N-dealkylation sites (tertiary alicyclic amines) is 1. The molecule has 2 aromatic rings. The van der Waals surface area contributed by atoms with Gasteiger partial charge in [-0.1, -0.05) is 29.4 Å². The van der Waals surface area contributed by atoms with Crippen molar-refractivity contribution in [3.05, 3.63) is 76.2 Å². The molecule has 1 aliphatic carbocycles. The van der Waals surface area contributed by atoms with Gasteiger partial charge < -0.3 is 10.2 Å². The van der Waals surface area contributed by atoms with Gasteiger partial charge in [-0.25, -0.2) is 8.42 Å². The predicted molar refractivity (Wildman–Crippen MR) is 141 cm³/mol. The Morgan fingerprint density at radius 3 is 2.52 bits per heavy atom. The standard InChI is InChI=1S/C27H30F3N5O4S/c28-27(29,30)20-8-6-7-18(15-20)25(36)32-23-11-4-5-14-35(26(23)37)24-13-12-21(33-34-31)16-19(24)17-40(38,39)22-9-2-1-3-10-22/h1-3,6-10,15,19,21,23-24H,4-5,11-14,16-17H2,(H,32,36)/t19?,21-,23+,24?/m1/s1. The van der Waals surface area contributed by atoms with Crippen molar-refractivity contribution in [3.8, 4) is 0 Å². The van der Waals surface area contributed by atoms with Gasteiger partial charge in [0.15, 0.2) is 9.84 Å². The van der Waals surface area contributed by atoms with Gasteiger partial charge in [0, 0.05) is 29.1 Å². The molecule has 1 heterocycles. The zero-order valence-electron chi connectivity index (χ0n) is 21.6. The number of halogens is 3. The minimum atomic E-state index is -4.62. The summed E-state index contributed by atoms with van der Waals surface area (Å²) in [5.41, 5.74) is 7.78. The summed E-state index contributed by atoms with van der Waals surface area (Å²) >= 11 is 0. The highest BCUT2D eigenvalue weighted by Crippen LogP contribution is 2.35. The van der Waals surface area contributed by atoms with E-state index in [1.807, 2.05) is 0 Å². The van der Waals surface area contributed by atoms with E-state index in [4.69, 9.17) is 5.53 Å². The first-order valence-electron chi connectivity index (χ1n) is 13.1. The van der Waals surface area contributed by atoms with Gasteiger partial charge in [0.1, 0.15) is 6.04 Å². The normalized spacial score (nSPS) is 24.1. The van der Waals surface area contributed by atoms with Crippen molar-refractivity contribution in [2.45, 2.75) is 67.7 Å². The number of benzene rings is 2. The van der Waals surface area contributed by atoms with Gasteiger partial charge in [-0.3, -0.25) is 9.59 Å². The number of carbonyl (C=O) groups is 2. The molecule has 1 saturated carbocycles. The minimum Gasteiger partial charge on any atom is -0.340 e. The number of amides is 2. The largest absolute Gasteiger partial charge is 0.416 e. The number of sulfone groups is 1. The highest BCUT2D eigenvalue weighted by molar-refractivity contribution is 7.91. The molecule has 2 fully saturated rings. The van der Waals surface area contributed by atoms with Crippen LogP contribution < -0.4 is 5.32 Å². The summed E-state index contributed by atoms with van der Waals surface area (Å²) in [6, 6.07) is 10.1. The van der Waals surface area contributed by atoms with Crippen LogP contribution in [-0.4, -0.2) is 55.6 Å². The van der Waals surface area contributed by atoms with Crippen molar-refractivity contribution < 1.29 is 31.2 Å². The highest BCUT2D eigenvalue weighted by Gasteiger charge is 2.41. The predicted octanol–water partition coefficient (Wildman–Crippen LogP) is 5.14. The molecule has 4 rings (SSSR count). The lowest BCUT2D eigenvalue weighted by Crippen LogP contribution is -2.55. The molecule has 1 aliphatic heterocycles. The Labute approximate surface area is 230 Å². The SMILES string of the molecule is [N-]=[N+]=N[C@@H]1CCC(N2CCCC[C@H](NC(=O)c3cccc(C(F)(F)F)c3)C2=O)C(CS(=O)(=O)c2ccccc2)C1. The Bertz CT molecular complexity index is 1380. The molecular weight excluding hydrogens is 547 g/mol. The molecule has 1 saturated heterocycles. The molecule has 2 aliphatic rings. The Balaban J connectivity index is 1.56. The van der Waals surface area contributed by atoms with Crippen molar-refractivity contribution >= 4 is 21.7 Å². The van der Waals surface area contributed by atoms with Crippen molar-refractivity contribution in [3.63, 3.8) is 0 Å². The van der Waals surface area contributed by atoms with Crippen LogP contribution in [0.5, 0.6) is 0 Å². The summed E-state index contributed by atoms with van der Waals surface area (Å²) in [4.78, 5) is 31.3. The summed E-state index contributed by atoms with van der Waals surface area (Å²) in [6.07, 6.45) is -1.92. The number of carbonyl (C=O) groups excluding carboxylic acids is 2. The third kappa shape index (κ3) is 6.95. The van der Waals surface area contributed by atoms with Crippen molar-refractivity contribution in [2.24, 2.45) is 11.0 Å². The maximum absolute atomic E-state index is 13.7. The van der Waals surface area contributed by atoms with Crippen molar-refractivity contribution in [1.82, 2.24) is 10.2 Å². The van der Waals surface area contributed by atoms with Crippen LogP contribution in [0, 0.1) is 5.92 Å². The average Bonchev–Trinajstić information content (AvgIpc) is 3.10. The molecule has 4 atom stereocenters. The Hall–Kier alpha value is -3.57. The number of hydrogen-bond acceptors (Lipinski definition) is 5. The first kappa shape index (κ1) is 29.4. The first-order valence-corrected chi connectivity index (χ1v) is 14.8. The summed E-state index contributed by atoms with van der Waals surface area (Å²) < 4.78 is 65.9. The highest BCUT2D eigenvalue weighted by atomic mass is 32.2. The van der Waals surface area contributed by atoms with E-state index in [2.05, 4.69) is 15.3 Å². The zero-order chi connectivity index (χ0) is 28.9. The first-order chi connectivity index (χ1) is 19.0. The third-order valence-corrected chi connectivity index (χ3v) is 9.40. The molecule has 0 spiro atoms. The fourth-order valence-corrected chi connectivity index (χ4v) is 7.29. The number of azide groups is 1. The van der Waals surface area contributed by atoms with E-state index in [1.165, 1.54) is 18.2 Å². The van der Waals surface area contributed by atoms with Gasteiger partial charge in [-0.2, -0.15) is 13.2 Å². The second-order valence-electron chi connectivity index (χ2n) is 10.2. The molecule has 2 unspecified atom stereocenters. The van der Waals surface area contributed by atoms with E-state index in [9.17, 15) is 31.2 Å². The Morgan fingerprint density at radius 2 is 1.82 bits per heavy atom. The topological polar surface area (TPSA) is 132 Å². The maximum Gasteiger partial charge on any atom is 0.416 e. The van der Waals surface area contributed by atoms with Crippen LogP contribution in [0.3, 0.4) is 0 Å². The van der Waals surface area contributed by atoms with Gasteiger partial charge in [-0.05, 0) is 80.3 Å². The van der Waals surface area contributed by atoms with Crippen LogP contribution in [0.4, 0.5) is 13.2 Å².